The van der Waals surface area contributed by atoms with Crippen molar-refractivity contribution in [1.82, 2.24) is 15.1 Å². The molecule has 0 aliphatic heterocycles. The summed E-state index contributed by atoms with van der Waals surface area (Å²) in [7, 11) is 0. The molecule has 22 heavy (non-hydrogen) atoms. The molecular formula is C17H24N4O. The Morgan fingerprint density at radius 1 is 1.27 bits per heavy atom. The van der Waals surface area contributed by atoms with Crippen LogP contribution in [0, 0.1) is 5.92 Å². The van der Waals surface area contributed by atoms with Crippen LogP contribution in [0.2, 0.25) is 0 Å². The SMILES string of the molecule is CC(C)CCCNC(=O)Nc1ccc(Cn2cccn2)cc1. The summed E-state index contributed by atoms with van der Waals surface area (Å²) in [4.78, 5) is 11.8. The van der Waals surface area contributed by atoms with Crippen molar-refractivity contribution in [2.75, 3.05) is 11.9 Å². The van der Waals surface area contributed by atoms with Crippen LogP contribution in [0.5, 0.6) is 0 Å². The zero-order valence-corrected chi connectivity index (χ0v) is 13.2. The topological polar surface area (TPSA) is 59.0 Å². The fourth-order valence-electron chi connectivity index (χ4n) is 2.16. The predicted octanol–water partition coefficient (Wildman–Crippen LogP) is 3.49. The summed E-state index contributed by atoms with van der Waals surface area (Å²) in [5.74, 6) is 0.673. The third-order valence-electron chi connectivity index (χ3n) is 3.36. The summed E-state index contributed by atoms with van der Waals surface area (Å²) in [5, 5.41) is 9.89. The first kappa shape index (κ1) is 16.1. The van der Waals surface area contributed by atoms with Crippen molar-refractivity contribution in [3.8, 4) is 0 Å². The van der Waals surface area contributed by atoms with Gasteiger partial charge in [0.15, 0.2) is 0 Å². The van der Waals surface area contributed by atoms with Gasteiger partial charge in [0.25, 0.3) is 0 Å². The van der Waals surface area contributed by atoms with Crippen molar-refractivity contribution in [3.05, 3.63) is 48.3 Å². The molecular weight excluding hydrogens is 276 g/mol. The highest BCUT2D eigenvalue weighted by atomic mass is 16.2. The van der Waals surface area contributed by atoms with Gasteiger partial charge in [-0.15, -0.1) is 0 Å². The maximum absolute atomic E-state index is 11.8. The highest BCUT2D eigenvalue weighted by Crippen LogP contribution is 2.10. The van der Waals surface area contributed by atoms with E-state index in [-0.39, 0.29) is 6.03 Å². The zero-order chi connectivity index (χ0) is 15.8. The van der Waals surface area contributed by atoms with Crippen molar-refractivity contribution in [3.63, 3.8) is 0 Å². The second-order valence-corrected chi connectivity index (χ2v) is 5.82. The Hall–Kier alpha value is -2.30. The fraction of sp³-hybridized carbons (Fsp3) is 0.412. The van der Waals surface area contributed by atoms with E-state index in [2.05, 4.69) is 29.6 Å². The molecule has 1 aromatic heterocycles. The maximum Gasteiger partial charge on any atom is 0.319 e. The lowest BCUT2D eigenvalue weighted by Crippen LogP contribution is -2.29. The molecule has 5 nitrogen and oxygen atoms in total. The molecule has 2 aromatic rings. The minimum Gasteiger partial charge on any atom is -0.338 e. The molecule has 0 saturated carbocycles. The number of nitrogens with one attached hydrogen (secondary N) is 2. The Morgan fingerprint density at radius 3 is 2.68 bits per heavy atom. The lowest BCUT2D eigenvalue weighted by molar-refractivity contribution is 0.251. The van der Waals surface area contributed by atoms with Crippen LogP contribution >= 0.6 is 0 Å². The zero-order valence-electron chi connectivity index (χ0n) is 13.2. The van der Waals surface area contributed by atoms with Crippen LogP contribution in [0.1, 0.15) is 32.3 Å². The van der Waals surface area contributed by atoms with Gasteiger partial charge in [0.2, 0.25) is 0 Å². The quantitative estimate of drug-likeness (QED) is 0.769. The second-order valence-electron chi connectivity index (χ2n) is 5.82. The average Bonchev–Trinajstić information content (AvgIpc) is 2.98. The van der Waals surface area contributed by atoms with Crippen LogP contribution in [0.3, 0.4) is 0 Å². The van der Waals surface area contributed by atoms with Crippen molar-refractivity contribution in [1.29, 1.82) is 0 Å². The van der Waals surface area contributed by atoms with E-state index in [0.717, 1.165) is 30.6 Å². The number of amides is 2. The summed E-state index contributed by atoms with van der Waals surface area (Å²) >= 11 is 0. The Labute approximate surface area is 131 Å². The van der Waals surface area contributed by atoms with Crippen molar-refractivity contribution in [2.45, 2.75) is 33.2 Å². The summed E-state index contributed by atoms with van der Waals surface area (Å²) in [6.45, 7) is 5.81. The molecule has 0 atom stereocenters. The van der Waals surface area contributed by atoms with E-state index in [4.69, 9.17) is 0 Å². The third-order valence-corrected chi connectivity index (χ3v) is 3.36. The number of hydrogen-bond acceptors (Lipinski definition) is 2. The molecule has 0 spiro atoms. The van der Waals surface area contributed by atoms with Crippen LogP contribution in [-0.2, 0) is 6.54 Å². The summed E-state index contributed by atoms with van der Waals surface area (Å²) in [5.41, 5.74) is 1.94. The number of benzene rings is 1. The van der Waals surface area contributed by atoms with E-state index in [1.54, 1.807) is 6.20 Å². The number of carbonyl (C=O) groups is 1. The molecule has 5 heteroatoms. The van der Waals surface area contributed by atoms with Gasteiger partial charge in [-0.05, 0) is 42.5 Å². The highest BCUT2D eigenvalue weighted by Gasteiger charge is 2.02. The van der Waals surface area contributed by atoms with Gasteiger partial charge in [-0.1, -0.05) is 26.0 Å². The average molecular weight is 300 g/mol. The fourth-order valence-corrected chi connectivity index (χ4v) is 2.16. The number of aromatic nitrogens is 2. The van der Waals surface area contributed by atoms with Crippen molar-refractivity contribution >= 4 is 11.7 Å². The van der Waals surface area contributed by atoms with E-state index in [9.17, 15) is 4.79 Å². The van der Waals surface area contributed by atoms with Crippen LogP contribution < -0.4 is 10.6 Å². The molecule has 0 fully saturated rings. The number of nitrogens with zero attached hydrogens (tertiary/aromatic N) is 2. The van der Waals surface area contributed by atoms with E-state index in [0.29, 0.717) is 12.5 Å². The molecule has 0 bridgehead atoms. The molecule has 0 aliphatic carbocycles. The number of hydrogen-bond donors (Lipinski definition) is 2. The minimum absolute atomic E-state index is 0.149. The highest BCUT2D eigenvalue weighted by molar-refractivity contribution is 5.89. The number of anilines is 1. The largest absolute Gasteiger partial charge is 0.338 e. The second kappa shape index (κ2) is 8.22. The summed E-state index contributed by atoms with van der Waals surface area (Å²) in [6, 6.07) is 9.56. The Bertz CT molecular complexity index is 561. The van der Waals surface area contributed by atoms with Crippen LogP contribution in [0.25, 0.3) is 0 Å². The monoisotopic (exact) mass is 300 g/mol. The summed E-state index contributed by atoms with van der Waals surface area (Å²) < 4.78 is 1.86. The molecule has 2 amide bonds. The van der Waals surface area contributed by atoms with Gasteiger partial charge in [0, 0.05) is 24.6 Å². The van der Waals surface area contributed by atoms with Crippen LogP contribution in [0.4, 0.5) is 10.5 Å². The van der Waals surface area contributed by atoms with Gasteiger partial charge in [0.05, 0.1) is 6.54 Å². The van der Waals surface area contributed by atoms with Crippen molar-refractivity contribution < 1.29 is 4.79 Å². The third kappa shape index (κ3) is 5.60. The van der Waals surface area contributed by atoms with Gasteiger partial charge in [-0.25, -0.2) is 4.79 Å². The first-order valence-corrected chi connectivity index (χ1v) is 7.74. The number of carbonyl (C=O) groups excluding carboxylic acids is 1. The van der Waals surface area contributed by atoms with Crippen LogP contribution in [0.15, 0.2) is 42.7 Å². The molecule has 2 rings (SSSR count). The molecule has 2 N–H and O–H groups in total. The number of urea groups is 1. The predicted molar refractivity (Wildman–Crippen MR) is 88.9 cm³/mol. The Balaban J connectivity index is 1.74. The van der Waals surface area contributed by atoms with Crippen LogP contribution in [-0.4, -0.2) is 22.4 Å². The van der Waals surface area contributed by atoms with E-state index < -0.39 is 0 Å². The lowest BCUT2D eigenvalue weighted by atomic mass is 10.1. The first-order valence-electron chi connectivity index (χ1n) is 7.74. The minimum atomic E-state index is -0.149. The Kier molecular flexibility index (Phi) is 6.01. The Morgan fingerprint density at radius 2 is 2.05 bits per heavy atom. The van der Waals surface area contributed by atoms with Gasteiger partial charge in [-0.3, -0.25) is 4.68 Å². The molecule has 0 saturated heterocycles. The molecule has 0 unspecified atom stereocenters. The first-order chi connectivity index (χ1) is 10.6. The lowest BCUT2D eigenvalue weighted by Gasteiger charge is -2.09. The number of rotatable bonds is 7. The van der Waals surface area contributed by atoms with Gasteiger partial charge >= 0.3 is 6.03 Å². The van der Waals surface area contributed by atoms with E-state index in [1.807, 2.05) is 41.2 Å². The van der Waals surface area contributed by atoms with Gasteiger partial charge < -0.3 is 10.6 Å². The maximum atomic E-state index is 11.8. The molecule has 0 aliphatic rings. The molecule has 118 valence electrons. The van der Waals surface area contributed by atoms with E-state index in [1.165, 1.54) is 0 Å². The molecule has 1 aromatic carbocycles. The summed E-state index contributed by atoms with van der Waals surface area (Å²) in [6.07, 6.45) is 5.83. The smallest absolute Gasteiger partial charge is 0.319 e. The van der Waals surface area contributed by atoms with Gasteiger partial charge in [0.1, 0.15) is 0 Å². The standard InChI is InChI=1S/C17H24N4O/c1-14(2)5-3-10-18-17(22)20-16-8-6-15(7-9-16)13-21-12-4-11-19-21/h4,6-9,11-12,14H,3,5,10,13H2,1-2H3,(H2,18,20,22). The van der Waals surface area contributed by atoms with Gasteiger partial charge in [-0.2, -0.15) is 5.10 Å². The van der Waals surface area contributed by atoms with Crippen molar-refractivity contribution in [2.24, 2.45) is 5.92 Å². The normalized spacial score (nSPS) is 10.7. The molecule has 0 radical (unpaired) electrons. The molecule has 1 heterocycles. The van der Waals surface area contributed by atoms with E-state index >= 15 is 0 Å².